The van der Waals surface area contributed by atoms with Crippen LogP contribution in [0.25, 0.3) is 0 Å². The highest BCUT2D eigenvalue weighted by atomic mass is 32.3. The van der Waals surface area contributed by atoms with Crippen LogP contribution in [0.1, 0.15) is 18.4 Å². The van der Waals surface area contributed by atoms with Gasteiger partial charge in [-0.1, -0.05) is 6.07 Å². The van der Waals surface area contributed by atoms with E-state index in [9.17, 15) is 13.2 Å². The zero-order valence-electron chi connectivity index (χ0n) is 10.7. The summed E-state index contributed by atoms with van der Waals surface area (Å²) >= 11 is 0. The van der Waals surface area contributed by atoms with Crippen molar-refractivity contribution in [2.75, 3.05) is 7.11 Å². The first-order valence-electron chi connectivity index (χ1n) is 5.90. The Morgan fingerprint density at radius 3 is 2.70 bits per heavy atom. The van der Waals surface area contributed by atoms with Gasteiger partial charge in [-0.2, -0.15) is 8.42 Å². The summed E-state index contributed by atoms with van der Waals surface area (Å²) in [4.78, 5) is 11.0. The Hall–Kier alpha value is -1.80. The molecule has 1 aromatic carbocycles. The number of hydrogen-bond donors (Lipinski definition) is 1. The molecule has 0 amide bonds. The number of cyclic esters (lactones) is 1. The lowest BCUT2D eigenvalue weighted by Crippen LogP contribution is -2.11. The number of hydrogen-bond acceptors (Lipinski definition) is 6. The highest BCUT2D eigenvalue weighted by Crippen LogP contribution is 2.30. The lowest BCUT2D eigenvalue weighted by atomic mass is 10.1. The van der Waals surface area contributed by atoms with E-state index >= 15 is 0 Å². The van der Waals surface area contributed by atoms with Gasteiger partial charge in [-0.3, -0.25) is 9.35 Å². The fourth-order valence-electron chi connectivity index (χ4n) is 2.02. The Balaban J connectivity index is 2.18. The average Bonchev–Trinajstić information content (AvgIpc) is 2.73. The van der Waals surface area contributed by atoms with E-state index in [1.54, 1.807) is 6.07 Å². The van der Waals surface area contributed by atoms with Crippen LogP contribution in [-0.2, 0) is 26.4 Å². The standard InChI is InChI=1S/C12H14O7S/c1-17-10-4-2-8(6-9-3-5-12(13)18-9)7-11(10)19-20(14,15)16/h2,4,7,9H,3,5-6H2,1H3,(H,14,15,16). The highest BCUT2D eigenvalue weighted by Gasteiger charge is 2.24. The van der Waals surface area contributed by atoms with Crippen LogP contribution in [0.5, 0.6) is 11.5 Å². The van der Waals surface area contributed by atoms with E-state index in [0.717, 1.165) is 0 Å². The highest BCUT2D eigenvalue weighted by molar-refractivity contribution is 7.81. The molecule has 0 aliphatic carbocycles. The van der Waals surface area contributed by atoms with Crippen molar-refractivity contribution in [3.8, 4) is 11.5 Å². The zero-order chi connectivity index (χ0) is 14.8. The fourth-order valence-corrected chi connectivity index (χ4v) is 2.37. The predicted octanol–water partition coefficient (Wildman–Crippen LogP) is 1.12. The van der Waals surface area contributed by atoms with Gasteiger partial charge in [0.15, 0.2) is 11.5 Å². The van der Waals surface area contributed by atoms with Crippen molar-refractivity contribution in [3.63, 3.8) is 0 Å². The molecule has 1 atom stereocenters. The molecule has 8 heteroatoms. The van der Waals surface area contributed by atoms with Gasteiger partial charge in [-0.15, -0.1) is 0 Å². The van der Waals surface area contributed by atoms with E-state index in [4.69, 9.17) is 14.0 Å². The number of carbonyl (C=O) groups is 1. The third kappa shape index (κ3) is 3.84. The molecular weight excluding hydrogens is 288 g/mol. The Morgan fingerprint density at radius 1 is 1.40 bits per heavy atom. The quantitative estimate of drug-likeness (QED) is 0.642. The van der Waals surface area contributed by atoms with E-state index in [1.165, 1.54) is 19.2 Å². The number of esters is 1. The van der Waals surface area contributed by atoms with Gasteiger partial charge >= 0.3 is 16.4 Å². The van der Waals surface area contributed by atoms with E-state index in [1.807, 2.05) is 0 Å². The second kappa shape index (κ2) is 5.68. The monoisotopic (exact) mass is 302 g/mol. The maximum atomic E-state index is 11.0. The number of methoxy groups -OCH3 is 1. The molecule has 1 aromatic rings. The summed E-state index contributed by atoms with van der Waals surface area (Å²) in [5.41, 5.74) is 0.712. The molecule has 0 saturated carbocycles. The summed E-state index contributed by atoms with van der Waals surface area (Å²) in [6.45, 7) is 0. The molecule has 0 radical (unpaired) electrons. The summed E-state index contributed by atoms with van der Waals surface area (Å²) in [6.07, 6.45) is 1.22. The van der Waals surface area contributed by atoms with Crippen LogP contribution < -0.4 is 8.92 Å². The van der Waals surface area contributed by atoms with Gasteiger partial charge in [-0.25, -0.2) is 0 Å². The average molecular weight is 302 g/mol. The lowest BCUT2D eigenvalue weighted by molar-refractivity contribution is -0.141. The SMILES string of the molecule is COc1ccc(CC2CCC(=O)O2)cc1OS(=O)(=O)O. The predicted molar refractivity (Wildman–Crippen MR) is 68.0 cm³/mol. The van der Waals surface area contributed by atoms with Crippen molar-refractivity contribution in [2.24, 2.45) is 0 Å². The molecule has 110 valence electrons. The molecule has 1 saturated heterocycles. The molecule has 1 fully saturated rings. The van der Waals surface area contributed by atoms with E-state index in [-0.39, 0.29) is 23.6 Å². The van der Waals surface area contributed by atoms with Gasteiger partial charge in [0.2, 0.25) is 0 Å². The maximum Gasteiger partial charge on any atom is 0.446 e. The minimum Gasteiger partial charge on any atom is -0.493 e. The molecule has 1 aliphatic rings. The van der Waals surface area contributed by atoms with Crippen LogP contribution in [0, 0.1) is 0 Å². The molecule has 7 nitrogen and oxygen atoms in total. The number of ether oxygens (including phenoxy) is 2. The minimum absolute atomic E-state index is 0.114. The van der Waals surface area contributed by atoms with E-state index in [0.29, 0.717) is 24.8 Å². The molecule has 20 heavy (non-hydrogen) atoms. The second-order valence-corrected chi connectivity index (χ2v) is 5.37. The first kappa shape index (κ1) is 14.6. The fraction of sp³-hybridized carbons (Fsp3) is 0.417. The van der Waals surface area contributed by atoms with Gasteiger partial charge in [0.1, 0.15) is 6.10 Å². The third-order valence-electron chi connectivity index (χ3n) is 2.86. The molecule has 2 rings (SSSR count). The smallest absolute Gasteiger partial charge is 0.446 e. The van der Waals surface area contributed by atoms with Gasteiger partial charge in [-0.05, 0) is 24.1 Å². The van der Waals surface area contributed by atoms with Crippen LogP contribution in [0.3, 0.4) is 0 Å². The molecule has 1 unspecified atom stereocenters. The maximum absolute atomic E-state index is 11.0. The van der Waals surface area contributed by atoms with Crippen molar-refractivity contribution >= 4 is 16.4 Å². The number of carbonyl (C=O) groups excluding carboxylic acids is 1. The molecule has 0 bridgehead atoms. The first-order valence-corrected chi connectivity index (χ1v) is 7.27. The van der Waals surface area contributed by atoms with Gasteiger partial charge in [0.25, 0.3) is 0 Å². The Labute approximate surface area is 116 Å². The molecular formula is C12H14O7S. The van der Waals surface area contributed by atoms with Crippen LogP contribution in [0.15, 0.2) is 18.2 Å². The van der Waals surface area contributed by atoms with Crippen molar-refractivity contribution < 1.29 is 31.4 Å². The largest absolute Gasteiger partial charge is 0.493 e. The summed E-state index contributed by atoms with van der Waals surface area (Å²) in [5, 5.41) is 0. The van der Waals surface area contributed by atoms with Crippen molar-refractivity contribution in [1.82, 2.24) is 0 Å². The zero-order valence-corrected chi connectivity index (χ0v) is 11.6. The minimum atomic E-state index is -4.63. The van der Waals surface area contributed by atoms with Crippen LogP contribution in [0.2, 0.25) is 0 Å². The molecule has 0 aromatic heterocycles. The van der Waals surface area contributed by atoms with E-state index < -0.39 is 10.4 Å². The molecule has 0 spiro atoms. The lowest BCUT2D eigenvalue weighted by Gasteiger charge is -2.12. The second-order valence-electron chi connectivity index (χ2n) is 4.35. The Kier molecular flexibility index (Phi) is 4.15. The van der Waals surface area contributed by atoms with Gasteiger partial charge < -0.3 is 13.7 Å². The van der Waals surface area contributed by atoms with Crippen LogP contribution in [-0.4, -0.2) is 32.2 Å². The molecule has 1 aliphatic heterocycles. The summed E-state index contributed by atoms with van der Waals surface area (Å²) in [6, 6.07) is 4.66. The van der Waals surface area contributed by atoms with Crippen molar-refractivity contribution in [3.05, 3.63) is 23.8 Å². The Morgan fingerprint density at radius 2 is 2.15 bits per heavy atom. The Bertz CT molecular complexity index is 608. The van der Waals surface area contributed by atoms with Crippen molar-refractivity contribution in [1.29, 1.82) is 0 Å². The molecule has 1 heterocycles. The van der Waals surface area contributed by atoms with Crippen LogP contribution in [0.4, 0.5) is 0 Å². The normalized spacial score (nSPS) is 18.7. The molecule has 1 N–H and O–H groups in total. The van der Waals surface area contributed by atoms with E-state index in [2.05, 4.69) is 4.18 Å². The topological polar surface area (TPSA) is 99.1 Å². The number of rotatable bonds is 5. The summed E-state index contributed by atoms with van der Waals surface area (Å²) in [7, 11) is -3.28. The van der Waals surface area contributed by atoms with Crippen LogP contribution >= 0.6 is 0 Å². The van der Waals surface area contributed by atoms with Gasteiger partial charge in [0.05, 0.1) is 7.11 Å². The summed E-state index contributed by atoms with van der Waals surface area (Å²) in [5.74, 6) is -0.176. The first-order chi connectivity index (χ1) is 9.37. The van der Waals surface area contributed by atoms with Gasteiger partial charge in [0, 0.05) is 12.8 Å². The van der Waals surface area contributed by atoms with Crippen molar-refractivity contribution in [2.45, 2.75) is 25.4 Å². The number of benzene rings is 1. The third-order valence-corrected chi connectivity index (χ3v) is 3.25. The summed E-state index contributed by atoms with van der Waals surface area (Å²) < 4.78 is 44.8.